The lowest BCUT2D eigenvalue weighted by Gasteiger charge is -2.26. The fourth-order valence-corrected chi connectivity index (χ4v) is 4.50. The summed E-state index contributed by atoms with van der Waals surface area (Å²) in [7, 11) is 0. The van der Waals surface area contributed by atoms with Crippen molar-refractivity contribution in [1.82, 2.24) is 0 Å². The lowest BCUT2D eigenvalue weighted by molar-refractivity contribution is 0.0971. The number of halogens is 2. The number of rotatable bonds is 2. The highest BCUT2D eigenvalue weighted by Crippen LogP contribution is 2.42. The van der Waals surface area contributed by atoms with E-state index in [0.29, 0.717) is 5.69 Å². The maximum Gasteiger partial charge on any atom is 0.295 e. The summed E-state index contributed by atoms with van der Waals surface area (Å²) in [5.41, 5.74) is 3.55. The first-order valence-electron chi connectivity index (χ1n) is 9.77. The number of nitrogens with zero attached hydrogens (tertiary/aromatic N) is 1. The van der Waals surface area contributed by atoms with E-state index in [1.54, 1.807) is 4.90 Å². The molecule has 0 fully saturated rings. The third-order valence-electron chi connectivity index (χ3n) is 5.77. The second-order valence-electron chi connectivity index (χ2n) is 7.72. The molecule has 1 atom stereocenters. The number of fused-ring (bicyclic) bond motifs is 2. The van der Waals surface area contributed by atoms with Gasteiger partial charge >= 0.3 is 0 Å². The summed E-state index contributed by atoms with van der Waals surface area (Å²) in [5.74, 6) is -0.937. The van der Waals surface area contributed by atoms with Crippen molar-refractivity contribution in [2.75, 3.05) is 4.90 Å². The van der Waals surface area contributed by atoms with Crippen LogP contribution in [0.5, 0.6) is 0 Å². The summed E-state index contributed by atoms with van der Waals surface area (Å²) >= 11 is 3.47. The highest BCUT2D eigenvalue weighted by atomic mass is 79.9. The van der Waals surface area contributed by atoms with E-state index in [0.717, 1.165) is 27.2 Å². The zero-order valence-electron chi connectivity index (χ0n) is 16.8. The number of benzene rings is 3. The second kappa shape index (κ2) is 7.17. The molecule has 2 heterocycles. The van der Waals surface area contributed by atoms with Gasteiger partial charge in [-0.2, -0.15) is 0 Å². The lowest BCUT2D eigenvalue weighted by atomic mass is 9.98. The van der Waals surface area contributed by atoms with Gasteiger partial charge < -0.3 is 4.42 Å². The van der Waals surface area contributed by atoms with Crippen LogP contribution in [0.15, 0.2) is 74.3 Å². The summed E-state index contributed by atoms with van der Waals surface area (Å²) < 4.78 is 20.6. The molecule has 0 radical (unpaired) electrons. The van der Waals surface area contributed by atoms with Crippen molar-refractivity contribution in [3.63, 3.8) is 0 Å². The number of carbonyl (C=O) groups is 1. The third-order valence-corrected chi connectivity index (χ3v) is 6.26. The summed E-state index contributed by atoms with van der Waals surface area (Å²) in [4.78, 5) is 28.6. The second-order valence-corrected chi connectivity index (χ2v) is 8.63. The van der Waals surface area contributed by atoms with E-state index in [2.05, 4.69) is 15.9 Å². The molecule has 0 saturated carbocycles. The van der Waals surface area contributed by atoms with Crippen molar-refractivity contribution in [2.45, 2.75) is 19.9 Å². The monoisotopic (exact) mass is 477 g/mol. The Bertz CT molecular complexity index is 1440. The molecule has 5 rings (SSSR count). The van der Waals surface area contributed by atoms with Gasteiger partial charge in [0.25, 0.3) is 5.91 Å². The van der Waals surface area contributed by atoms with Gasteiger partial charge in [0.1, 0.15) is 11.4 Å². The molecular weight excluding hydrogens is 461 g/mol. The van der Waals surface area contributed by atoms with Gasteiger partial charge in [-0.1, -0.05) is 34.1 Å². The van der Waals surface area contributed by atoms with Gasteiger partial charge in [0.2, 0.25) is 5.76 Å². The van der Waals surface area contributed by atoms with Gasteiger partial charge in [-0.05, 0) is 73.0 Å². The minimum atomic E-state index is -0.689. The topological polar surface area (TPSA) is 50.5 Å². The number of carbonyl (C=O) groups excluding carboxylic acids is 1. The lowest BCUT2D eigenvalue weighted by Crippen LogP contribution is -2.29. The Kier molecular flexibility index (Phi) is 4.55. The first kappa shape index (κ1) is 19.7. The van der Waals surface area contributed by atoms with Gasteiger partial charge in [-0.25, -0.2) is 4.39 Å². The normalized spacial score (nSPS) is 15.5. The van der Waals surface area contributed by atoms with E-state index in [1.165, 1.54) is 12.1 Å². The van der Waals surface area contributed by atoms with Crippen molar-refractivity contribution in [3.05, 3.63) is 109 Å². The molecule has 4 nitrogen and oxygen atoms in total. The van der Waals surface area contributed by atoms with E-state index in [-0.39, 0.29) is 22.3 Å². The number of amides is 1. The first-order valence-corrected chi connectivity index (χ1v) is 10.6. The Morgan fingerprint density at radius 2 is 1.77 bits per heavy atom. The molecular formula is C25H17BrFNO3. The summed E-state index contributed by atoms with van der Waals surface area (Å²) in [5, 5.41) is 0.119. The molecule has 6 heteroatoms. The van der Waals surface area contributed by atoms with E-state index >= 15 is 0 Å². The Hall–Kier alpha value is -3.25. The minimum absolute atomic E-state index is 0.00712. The molecule has 1 unspecified atom stereocenters. The highest BCUT2D eigenvalue weighted by molar-refractivity contribution is 9.10. The fraction of sp³-hybridized carbons (Fsp3) is 0.120. The van der Waals surface area contributed by atoms with Crippen LogP contribution in [0.2, 0.25) is 0 Å². The maximum absolute atomic E-state index is 13.9. The Labute approximate surface area is 186 Å². The number of hydrogen-bond donors (Lipinski definition) is 0. The van der Waals surface area contributed by atoms with Crippen LogP contribution in [0.25, 0.3) is 11.0 Å². The van der Waals surface area contributed by atoms with Gasteiger partial charge in [0.15, 0.2) is 5.43 Å². The largest absolute Gasteiger partial charge is 0.450 e. The average molecular weight is 478 g/mol. The molecule has 0 aliphatic carbocycles. The van der Waals surface area contributed by atoms with Crippen LogP contribution in [-0.2, 0) is 0 Å². The summed E-state index contributed by atoms with van der Waals surface area (Å²) in [6.07, 6.45) is 0. The van der Waals surface area contributed by atoms with Crippen LogP contribution in [0.1, 0.15) is 38.9 Å². The summed E-state index contributed by atoms with van der Waals surface area (Å²) in [6, 6.07) is 16.2. The molecule has 0 saturated heterocycles. The van der Waals surface area contributed by atoms with Crippen molar-refractivity contribution in [1.29, 1.82) is 0 Å². The van der Waals surface area contributed by atoms with Crippen LogP contribution >= 0.6 is 15.9 Å². The fourth-order valence-electron chi connectivity index (χ4n) is 4.08. The molecule has 4 aromatic rings. The predicted molar refractivity (Wildman–Crippen MR) is 121 cm³/mol. The molecule has 1 aliphatic heterocycles. The van der Waals surface area contributed by atoms with Crippen LogP contribution in [0.3, 0.4) is 0 Å². The van der Waals surface area contributed by atoms with E-state index in [9.17, 15) is 14.0 Å². The number of aryl methyl sites for hydroxylation is 2. The predicted octanol–water partition coefficient (Wildman–Crippen LogP) is 6.06. The Morgan fingerprint density at radius 3 is 2.52 bits per heavy atom. The van der Waals surface area contributed by atoms with Crippen LogP contribution in [-0.4, -0.2) is 5.91 Å². The van der Waals surface area contributed by atoms with E-state index in [1.807, 2.05) is 56.3 Å². The molecule has 31 heavy (non-hydrogen) atoms. The van der Waals surface area contributed by atoms with Gasteiger partial charge in [-0.15, -0.1) is 0 Å². The van der Waals surface area contributed by atoms with Crippen LogP contribution in [0, 0.1) is 19.7 Å². The molecule has 1 aromatic heterocycles. The number of anilines is 1. The van der Waals surface area contributed by atoms with E-state index in [4.69, 9.17) is 4.42 Å². The molecule has 1 aliphatic rings. The van der Waals surface area contributed by atoms with Crippen LogP contribution in [0.4, 0.5) is 10.1 Å². The zero-order chi connectivity index (χ0) is 21.9. The first-order chi connectivity index (χ1) is 14.8. The quantitative estimate of drug-likeness (QED) is 0.352. The van der Waals surface area contributed by atoms with Crippen LogP contribution < -0.4 is 10.3 Å². The van der Waals surface area contributed by atoms with Crippen molar-refractivity contribution < 1.29 is 13.6 Å². The van der Waals surface area contributed by atoms with Crippen molar-refractivity contribution >= 4 is 38.5 Å². The molecule has 154 valence electrons. The smallest absolute Gasteiger partial charge is 0.295 e. The van der Waals surface area contributed by atoms with E-state index < -0.39 is 23.2 Å². The molecule has 0 N–H and O–H groups in total. The Balaban J connectivity index is 1.83. The zero-order valence-corrected chi connectivity index (χ0v) is 18.4. The van der Waals surface area contributed by atoms with Gasteiger partial charge in [0, 0.05) is 10.2 Å². The molecule has 3 aromatic carbocycles. The van der Waals surface area contributed by atoms with Crippen molar-refractivity contribution in [2.24, 2.45) is 0 Å². The van der Waals surface area contributed by atoms with Gasteiger partial charge in [0.05, 0.1) is 17.0 Å². The van der Waals surface area contributed by atoms with Crippen molar-refractivity contribution in [3.8, 4) is 0 Å². The standard InChI is InChI=1S/C25H17BrFNO3/c1-13-6-8-18(10-14(13)2)28-22(15-4-3-5-16(26)11-15)21-23(29)19-12-17(27)7-9-20(19)31-24(21)25(28)30/h3-12,22H,1-2H3. The molecule has 0 bridgehead atoms. The summed E-state index contributed by atoms with van der Waals surface area (Å²) in [6.45, 7) is 3.97. The molecule has 0 spiro atoms. The Morgan fingerprint density at radius 1 is 0.968 bits per heavy atom. The maximum atomic E-state index is 13.9. The SMILES string of the molecule is Cc1ccc(N2C(=O)c3oc4ccc(F)cc4c(=O)c3C2c2cccc(Br)c2)cc1C. The average Bonchev–Trinajstić information content (AvgIpc) is 3.03. The minimum Gasteiger partial charge on any atom is -0.450 e. The third kappa shape index (κ3) is 3.10. The van der Waals surface area contributed by atoms with Gasteiger partial charge in [-0.3, -0.25) is 14.5 Å². The molecule has 1 amide bonds. The highest BCUT2D eigenvalue weighted by Gasteiger charge is 2.43. The number of hydrogen-bond acceptors (Lipinski definition) is 3.